The number of allylic oxidation sites excluding steroid dienone is 1. The molecular formula is C21H17N3O5. The van der Waals surface area contributed by atoms with Gasteiger partial charge in [-0.1, -0.05) is 12.1 Å². The number of Topliss-reactive ketones (excluding diaryl/α,β-unsaturated/α-hetero) is 1. The van der Waals surface area contributed by atoms with E-state index in [1.165, 1.54) is 38.6 Å². The highest BCUT2D eigenvalue weighted by atomic mass is 16.6. The number of benzene rings is 2. The molecule has 1 heterocycles. The smallest absolute Gasteiger partial charge is 0.280 e. The van der Waals surface area contributed by atoms with Crippen molar-refractivity contribution in [3.05, 3.63) is 68.9 Å². The number of nitro groups is 1. The minimum absolute atomic E-state index is 0.0640. The van der Waals surface area contributed by atoms with Crippen molar-refractivity contribution in [2.24, 2.45) is 0 Å². The van der Waals surface area contributed by atoms with Gasteiger partial charge in [0.1, 0.15) is 11.6 Å². The van der Waals surface area contributed by atoms with E-state index in [0.717, 1.165) is 11.1 Å². The molecule has 2 aromatic carbocycles. The lowest BCUT2D eigenvalue weighted by atomic mass is 9.98. The van der Waals surface area contributed by atoms with Crippen molar-refractivity contribution in [1.82, 2.24) is 4.98 Å². The van der Waals surface area contributed by atoms with Gasteiger partial charge >= 0.3 is 0 Å². The van der Waals surface area contributed by atoms with Gasteiger partial charge in [-0.05, 0) is 30.7 Å². The van der Waals surface area contributed by atoms with Gasteiger partial charge in [0.15, 0.2) is 11.5 Å². The van der Waals surface area contributed by atoms with E-state index in [9.17, 15) is 20.2 Å². The first kappa shape index (κ1) is 19.6. The van der Waals surface area contributed by atoms with Crippen molar-refractivity contribution < 1.29 is 19.2 Å². The molecule has 29 heavy (non-hydrogen) atoms. The molecule has 0 amide bonds. The van der Waals surface area contributed by atoms with Crippen LogP contribution in [0.1, 0.15) is 21.5 Å². The number of hydrogen-bond acceptors (Lipinski definition) is 6. The number of nitrogens with zero attached hydrogens (tertiary/aromatic N) is 2. The van der Waals surface area contributed by atoms with Gasteiger partial charge in [0.05, 0.1) is 30.8 Å². The predicted molar refractivity (Wildman–Crippen MR) is 107 cm³/mol. The van der Waals surface area contributed by atoms with E-state index in [1.54, 1.807) is 0 Å². The molecule has 0 spiro atoms. The van der Waals surface area contributed by atoms with Crippen LogP contribution in [0.4, 0.5) is 5.69 Å². The van der Waals surface area contributed by atoms with Gasteiger partial charge < -0.3 is 14.5 Å². The molecule has 0 aliphatic carbocycles. The molecule has 8 heteroatoms. The number of nitriles is 1. The van der Waals surface area contributed by atoms with Crippen molar-refractivity contribution >= 4 is 28.4 Å². The highest BCUT2D eigenvalue weighted by molar-refractivity contribution is 6.20. The zero-order chi connectivity index (χ0) is 21.1. The molecule has 0 aliphatic rings. The SMILES string of the molecule is COc1cc(/C=C(\C#N)C(=O)c2c[nH]c3cccc(C)c23)c([N+](=O)[O-])cc1OC. The van der Waals surface area contributed by atoms with Crippen molar-refractivity contribution in [2.75, 3.05) is 14.2 Å². The number of nitrogens with one attached hydrogen (secondary N) is 1. The van der Waals surface area contributed by atoms with Crippen LogP contribution in [-0.2, 0) is 0 Å². The summed E-state index contributed by atoms with van der Waals surface area (Å²) in [6.45, 7) is 1.86. The van der Waals surface area contributed by atoms with Crippen molar-refractivity contribution in [1.29, 1.82) is 5.26 Å². The molecule has 0 saturated heterocycles. The average molecular weight is 391 g/mol. The average Bonchev–Trinajstić information content (AvgIpc) is 3.16. The summed E-state index contributed by atoms with van der Waals surface area (Å²) in [5, 5.41) is 21.8. The van der Waals surface area contributed by atoms with Gasteiger partial charge in [-0.2, -0.15) is 5.26 Å². The maximum Gasteiger partial charge on any atom is 0.280 e. The van der Waals surface area contributed by atoms with Crippen LogP contribution in [0.5, 0.6) is 11.5 Å². The fourth-order valence-electron chi connectivity index (χ4n) is 3.15. The maximum absolute atomic E-state index is 13.0. The van der Waals surface area contributed by atoms with Gasteiger partial charge in [-0.3, -0.25) is 14.9 Å². The number of fused-ring (bicyclic) bond motifs is 1. The Kier molecular flexibility index (Phi) is 5.32. The normalized spacial score (nSPS) is 11.2. The first-order chi connectivity index (χ1) is 13.9. The van der Waals surface area contributed by atoms with E-state index in [4.69, 9.17) is 9.47 Å². The van der Waals surface area contributed by atoms with Crippen molar-refractivity contribution in [3.63, 3.8) is 0 Å². The van der Waals surface area contributed by atoms with Gasteiger partial charge in [0, 0.05) is 22.7 Å². The molecule has 0 unspecified atom stereocenters. The number of ketones is 1. The Morgan fingerprint density at radius 1 is 1.24 bits per heavy atom. The molecule has 1 aromatic heterocycles. The molecule has 1 N–H and O–H groups in total. The third kappa shape index (κ3) is 3.53. The zero-order valence-electron chi connectivity index (χ0n) is 16.0. The monoisotopic (exact) mass is 391 g/mol. The minimum Gasteiger partial charge on any atom is -0.493 e. The highest BCUT2D eigenvalue weighted by Crippen LogP contribution is 2.36. The molecule has 3 rings (SSSR count). The number of methoxy groups -OCH3 is 2. The van der Waals surface area contributed by atoms with Crippen molar-refractivity contribution in [2.45, 2.75) is 6.92 Å². The van der Waals surface area contributed by atoms with E-state index >= 15 is 0 Å². The number of rotatable bonds is 6. The first-order valence-electron chi connectivity index (χ1n) is 8.54. The van der Waals surface area contributed by atoms with Crippen LogP contribution in [-0.4, -0.2) is 29.9 Å². The molecular weight excluding hydrogens is 374 g/mol. The van der Waals surface area contributed by atoms with Gasteiger partial charge in [0.2, 0.25) is 5.78 Å². The third-order valence-corrected chi connectivity index (χ3v) is 4.55. The van der Waals surface area contributed by atoms with Crippen LogP contribution < -0.4 is 9.47 Å². The van der Waals surface area contributed by atoms with E-state index in [0.29, 0.717) is 10.9 Å². The summed E-state index contributed by atoms with van der Waals surface area (Å²) in [6.07, 6.45) is 2.73. The first-order valence-corrected chi connectivity index (χ1v) is 8.54. The van der Waals surface area contributed by atoms with E-state index in [-0.39, 0.29) is 28.3 Å². The molecule has 0 aliphatic heterocycles. The summed E-state index contributed by atoms with van der Waals surface area (Å²) in [7, 11) is 2.75. The van der Waals surface area contributed by atoms with Crippen LogP contribution in [0.3, 0.4) is 0 Å². The van der Waals surface area contributed by atoms with Crippen LogP contribution in [0.15, 0.2) is 42.1 Å². The van der Waals surface area contributed by atoms with E-state index < -0.39 is 10.7 Å². The third-order valence-electron chi connectivity index (χ3n) is 4.55. The minimum atomic E-state index is -0.608. The molecule has 0 atom stereocenters. The fraction of sp³-hybridized carbons (Fsp3) is 0.143. The summed E-state index contributed by atoms with van der Waals surface area (Å²) >= 11 is 0. The largest absolute Gasteiger partial charge is 0.493 e. The van der Waals surface area contributed by atoms with Crippen LogP contribution in [0.2, 0.25) is 0 Å². The molecule has 3 aromatic rings. The Bertz CT molecular complexity index is 1200. The van der Waals surface area contributed by atoms with Crippen molar-refractivity contribution in [3.8, 4) is 17.6 Å². The Labute approximate surface area is 166 Å². The second-order valence-corrected chi connectivity index (χ2v) is 6.22. The lowest BCUT2D eigenvalue weighted by Gasteiger charge is -2.09. The second kappa shape index (κ2) is 7.86. The highest BCUT2D eigenvalue weighted by Gasteiger charge is 2.22. The van der Waals surface area contributed by atoms with E-state index in [2.05, 4.69) is 4.98 Å². The van der Waals surface area contributed by atoms with Gasteiger partial charge in [0.25, 0.3) is 5.69 Å². The van der Waals surface area contributed by atoms with Crippen LogP contribution in [0, 0.1) is 28.4 Å². The number of nitro benzene ring substituents is 1. The summed E-state index contributed by atoms with van der Waals surface area (Å²) in [5.74, 6) is -0.109. The molecule has 0 fully saturated rings. The Balaban J connectivity index is 2.16. The lowest BCUT2D eigenvalue weighted by molar-refractivity contribution is -0.385. The number of H-pyrrole nitrogens is 1. The van der Waals surface area contributed by atoms with Gasteiger partial charge in [-0.15, -0.1) is 0 Å². The predicted octanol–water partition coefficient (Wildman–Crippen LogP) is 4.19. The summed E-state index contributed by atoms with van der Waals surface area (Å²) in [6, 6.07) is 9.96. The van der Waals surface area contributed by atoms with E-state index in [1.807, 2.05) is 31.2 Å². The molecule has 0 bridgehead atoms. The lowest BCUT2D eigenvalue weighted by Crippen LogP contribution is -2.03. The quantitative estimate of drug-likeness (QED) is 0.221. The fourth-order valence-corrected chi connectivity index (χ4v) is 3.15. The Morgan fingerprint density at radius 2 is 1.93 bits per heavy atom. The number of aryl methyl sites for hydroxylation is 1. The number of carbonyl (C=O) groups excluding carboxylic acids is 1. The van der Waals surface area contributed by atoms with Gasteiger partial charge in [-0.25, -0.2) is 0 Å². The zero-order valence-corrected chi connectivity index (χ0v) is 16.0. The standard InChI is InChI=1S/C21H17N3O5/c1-12-5-4-6-16-20(12)15(11-23-16)21(25)14(10-22)7-13-8-18(28-2)19(29-3)9-17(13)24(26)27/h4-9,11,23H,1-3H3/b14-7+. The molecule has 0 radical (unpaired) electrons. The summed E-state index contributed by atoms with van der Waals surface area (Å²) in [5.41, 5.74) is 1.50. The van der Waals surface area contributed by atoms with Crippen LogP contribution >= 0.6 is 0 Å². The molecule has 146 valence electrons. The number of aromatic nitrogens is 1. The number of carbonyl (C=O) groups is 1. The molecule has 8 nitrogen and oxygen atoms in total. The Hall–Kier alpha value is -4.12. The summed E-state index contributed by atoms with van der Waals surface area (Å²) in [4.78, 5) is 26.9. The van der Waals surface area contributed by atoms with Crippen LogP contribution in [0.25, 0.3) is 17.0 Å². The topological polar surface area (TPSA) is 118 Å². The number of hydrogen-bond donors (Lipinski definition) is 1. The maximum atomic E-state index is 13.0. The summed E-state index contributed by atoms with van der Waals surface area (Å²) < 4.78 is 10.3. The number of ether oxygens (including phenoxy) is 2. The molecule has 0 saturated carbocycles. The second-order valence-electron chi connectivity index (χ2n) is 6.22. The number of aromatic amines is 1. The Morgan fingerprint density at radius 3 is 2.55 bits per heavy atom.